The van der Waals surface area contributed by atoms with E-state index in [-0.39, 0.29) is 24.4 Å². The highest BCUT2D eigenvalue weighted by atomic mass is 16.3. The SMILES string of the molecule is O=C(CNc1ccccc1C(=O)NCc1ccco1)NC1CCCc2ccccc21. The minimum absolute atomic E-state index is 0.0380. The summed E-state index contributed by atoms with van der Waals surface area (Å²) in [7, 11) is 0. The summed E-state index contributed by atoms with van der Waals surface area (Å²) in [6.07, 6.45) is 4.63. The van der Waals surface area contributed by atoms with Crippen LogP contribution in [0, 0.1) is 0 Å². The second-order valence-corrected chi connectivity index (χ2v) is 7.37. The third-order valence-corrected chi connectivity index (χ3v) is 5.32. The Bertz CT molecular complexity index is 1010. The normalized spacial score (nSPS) is 15.1. The fourth-order valence-corrected chi connectivity index (χ4v) is 3.84. The molecule has 0 spiro atoms. The molecule has 0 aliphatic heterocycles. The monoisotopic (exact) mass is 403 g/mol. The Morgan fingerprint density at radius 3 is 2.70 bits per heavy atom. The van der Waals surface area contributed by atoms with E-state index in [0.29, 0.717) is 23.6 Å². The van der Waals surface area contributed by atoms with Gasteiger partial charge in [-0.25, -0.2) is 0 Å². The van der Waals surface area contributed by atoms with Gasteiger partial charge in [0.25, 0.3) is 5.91 Å². The minimum Gasteiger partial charge on any atom is -0.467 e. The standard InChI is InChI=1S/C24H25N3O3/c28-23(27-22-13-5-8-17-7-1-2-10-19(17)22)16-25-21-12-4-3-11-20(21)24(29)26-15-18-9-6-14-30-18/h1-4,6-7,9-12,14,22,25H,5,8,13,15-16H2,(H,26,29)(H,27,28). The van der Waals surface area contributed by atoms with Crippen molar-refractivity contribution in [2.45, 2.75) is 31.8 Å². The molecule has 0 bridgehead atoms. The van der Waals surface area contributed by atoms with Crippen molar-refractivity contribution in [2.75, 3.05) is 11.9 Å². The number of para-hydroxylation sites is 1. The molecule has 1 aliphatic rings. The largest absolute Gasteiger partial charge is 0.467 e. The number of amides is 2. The Kier molecular flexibility index (Phi) is 6.13. The zero-order valence-corrected chi connectivity index (χ0v) is 16.7. The molecule has 6 heteroatoms. The molecule has 0 saturated heterocycles. The number of rotatable bonds is 7. The van der Waals surface area contributed by atoms with Crippen LogP contribution >= 0.6 is 0 Å². The summed E-state index contributed by atoms with van der Waals surface area (Å²) in [6.45, 7) is 0.406. The molecule has 3 N–H and O–H groups in total. The van der Waals surface area contributed by atoms with Crippen molar-refractivity contribution < 1.29 is 14.0 Å². The van der Waals surface area contributed by atoms with Gasteiger partial charge in [-0.05, 0) is 54.7 Å². The molecule has 4 rings (SSSR count). The van der Waals surface area contributed by atoms with Crippen LogP contribution in [0.3, 0.4) is 0 Å². The molecule has 1 unspecified atom stereocenters. The van der Waals surface area contributed by atoms with E-state index in [1.54, 1.807) is 36.6 Å². The molecule has 0 saturated carbocycles. The van der Waals surface area contributed by atoms with Gasteiger partial charge in [-0.1, -0.05) is 36.4 Å². The maximum absolute atomic E-state index is 12.6. The molecule has 1 aliphatic carbocycles. The van der Waals surface area contributed by atoms with Crippen LogP contribution < -0.4 is 16.0 Å². The van der Waals surface area contributed by atoms with Gasteiger partial charge in [-0.15, -0.1) is 0 Å². The molecule has 1 aromatic heterocycles. The highest BCUT2D eigenvalue weighted by molar-refractivity contribution is 6.00. The van der Waals surface area contributed by atoms with E-state index in [9.17, 15) is 9.59 Å². The topological polar surface area (TPSA) is 83.4 Å². The van der Waals surface area contributed by atoms with Gasteiger partial charge in [-0.3, -0.25) is 9.59 Å². The highest BCUT2D eigenvalue weighted by Gasteiger charge is 2.21. The van der Waals surface area contributed by atoms with E-state index in [0.717, 1.165) is 19.3 Å². The van der Waals surface area contributed by atoms with Gasteiger partial charge in [0, 0.05) is 5.69 Å². The summed E-state index contributed by atoms with van der Waals surface area (Å²) in [5.74, 6) is 0.361. The number of aryl methyl sites for hydroxylation is 1. The first-order valence-electron chi connectivity index (χ1n) is 10.2. The Morgan fingerprint density at radius 2 is 1.83 bits per heavy atom. The van der Waals surface area contributed by atoms with Gasteiger partial charge in [0.15, 0.2) is 0 Å². The van der Waals surface area contributed by atoms with Crippen molar-refractivity contribution in [3.8, 4) is 0 Å². The number of benzene rings is 2. The summed E-state index contributed by atoms with van der Waals surface area (Å²) in [4.78, 5) is 25.1. The molecule has 2 aromatic carbocycles. The molecule has 0 radical (unpaired) electrons. The molecule has 154 valence electrons. The first-order chi connectivity index (χ1) is 14.7. The summed E-state index contributed by atoms with van der Waals surface area (Å²) in [6, 6.07) is 19.1. The second-order valence-electron chi connectivity index (χ2n) is 7.37. The first kappa shape index (κ1) is 19.8. The first-order valence-corrected chi connectivity index (χ1v) is 10.2. The molecule has 1 heterocycles. The Labute approximate surface area is 175 Å². The molecule has 30 heavy (non-hydrogen) atoms. The van der Waals surface area contributed by atoms with E-state index in [2.05, 4.69) is 28.1 Å². The summed E-state index contributed by atoms with van der Waals surface area (Å²) in [5.41, 5.74) is 3.61. The number of anilines is 1. The lowest BCUT2D eigenvalue weighted by Gasteiger charge is -2.26. The van der Waals surface area contributed by atoms with E-state index in [1.807, 2.05) is 18.2 Å². The van der Waals surface area contributed by atoms with E-state index < -0.39 is 0 Å². The zero-order chi connectivity index (χ0) is 20.8. The average Bonchev–Trinajstić information content (AvgIpc) is 3.30. The highest BCUT2D eigenvalue weighted by Crippen LogP contribution is 2.29. The second kappa shape index (κ2) is 9.31. The van der Waals surface area contributed by atoms with Crippen LogP contribution in [0.1, 0.15) is 46.1 Å². The van der Waals surface area contributed by atoms with Gasteiger partial charge in [0.1, 0.15) is 5.76 Å². The van der Waals surface area contributed by atoms with Crippen LogP contribution in [-0.4, -0.2) is 18.4 Å². The number of nitrogens with one attached hydrogen (secondary N) is 3. The fraction of sp³-hybridized carbons (Fsp3) is 0.250. The predicted octanol–water partition coefficient (Wildman–Crippen LogP) is 3.82. The molecule has 3 aromatic rings. The van der Waals surface area contributed by atoms with Crippen molar-refractivity contribution in [1.29, 1.82) is 0 Å². The number of hydrogen-bond acceptors (Lipinski definition) is 4. The Balaban J connectivity index is 1.35. The maximum Gasteiger partial charge on any atom is 0.253 e. The van der Waals surface area contributed by atoms with Crippen molar-refractivity contribution in [3.05, 3.63) is 89.4 Å². The molecule has 6 nitrogen and oxygen atoms in total. The van der Waals surface area contributed by atoms with Gasteiger partial charge >= 0.3 is 0 Å². The smallest absolute Gasteiger partial charge is 0.253 e. The predicted molar refractivity (Wildman–Crippen MR) is 115 cm³/mol. The Hall–Kier alpha value is -3.54. The third-order valence-electron chi connectivity index (χ3n) is 5.32. The zero-order valence-electron chi connectivity index (χ0n) is 16.7. The van der Waals surface area contributed by atoms with Crippen LogP contribution in [0.5, 0.6) is 0 Å². The van der Waals surface area contributed by atoms with Crippen molar-refractivity contribution in [3.63, 3.8) is 0 Å². The van der Waals surface area contributed by atoms with E-state index in [4.69, 9.17) is 4.42 Å². The van der Waals surface area contributed by atoms with Gasteiger partial charge < -0.3 is 20.4 Å². The van der Waals surface area contributed by atoms with Crippen LogP contribution in [0.15, 0.2) is 71.3 Å². The summed E-state index contributed by atoms with van der Waals surface area (Å²) >= 11 is 0. The molecular formula is C24H25N3O3. The lowest BCUT2D eigenvalue weighted by atomic mass is 9.88. The van der Waals surface area contributed by atoms with Gasteiger partial charge in [-0.2, -0.15) is 0 Å². The molecule has 1 atom stereocenters. The van der Waals surface area contributed by atoms with Gasteiger partial charge in [0.05, 0.1) is 31.0 Å². The van der Waals surface area contributed by atoms with Gasteiger partial charge in [0.2, 0.25) is 5.91 Å². The average molecular weight is 403 g/mol. The molecule has 2 amide bonds. The molecular weight excluding hydrogens is 378 g/mol. The van der Waals surface area contributed by atoms with Crippen molar-refractivity contribution in [1.82, 2.24) is 10.6 Å². The third kappa shape index (κ3) is 4.71. The lowest BCUT2D eigenvalue weighted by Crippen LogP contribution is -2.35. The van der Waals surface area contributed by atoms with Crippen LogP contribution in [-0.2, 0) is 17.8 Å². The quantitative estimate of drug-likeness (QED) is 0.560. The van der Waals surface area contributed by atoms with Crippen LogP contribution in [0.2, 0.25) is 0 Å². The summed E-state index contributed by atoms with van der Waals surface area (Å²) in [5, 5.41) is 9.06. The number of furan rings is 1. The lowest BCUT2D eigenvalue weighted by molar-refractivity contribution is -0.120. The van der Waals surface area contributed by atoms with Crippen LogP contribution in [0.25, 0.3) is 0 Å². The minimum atomic E-state index is -0.226. The molecule has 0 fully saturated rings. The Morgan fingerprint density at radius 1 is 1.00 bits per heavy atom. The van der Waals surface area contributed by atoms with Crippen molar-refractivity contribution in [2.24, 2.45) is 0 Å². The number of carbonyl (C=O) groups excluding carboxylic acids is 2. The maximum atomic E-state index is 12.6. The number of hydrogen-bond donors (Lipinski definition) is 3. The number of fused-ring (bicyclic) bond motifs is 1. The van der Waals surface area contributed by atoms with E-state index >= 15 is 0 Å². The fourth-order valence-electron chi connectivity index (χ4n) is 3.84. The summed E-state index contributed by atoms with van der Waals surface area (Å²) < 4.78 is 5.24. The van der Waals surface area contributed by atoms with Crippen LogP contribution in [0.4, 0.5) is 5.69 Å². The van der Waals surface area contributed by atoms with Crippen molar-refractivity contribution >= 4 is 17.5 Å². The van der Waals surface area contributed by atoms with E-state index in [1.165, 1.54) is 11.1 Å². The number of carbonyl (C=O) groups is 2.